The van der Waals surface area contributed by atoms with Crippen molar-refractivity contribution in [1.82, 2.24) is 29.5 Å². The van der Waals surface area contributed by atoms with E-state index in [2.05, 4.69) is 25.6 Å². The molecule has 0 bridgehead atoms. The lowest BCUT2D eigenvalue weighted by atomic mass is 9.99. The van der Waals surface area contributed by atoms with E-state index in [-0.39, 0.29) is 11.7 Å². The number of amides is 1. The van der Waals surface area contributed by atoms with Crippen molar-refractivity contribution < 1.29 is 9.59 Å². The van der Waals surface area contributed by atoms with Gasteiger partial charge in [0.05, 0.1) is 28.9 Å². The number of nitrogens with one attached hydrogen (secondary N) is 2. The summed E-state index contributed by atoms with van der Waals surface area (Å²) in [6, 6.07) is 12.5. The number of imidazole rings is 1. The smallest absolute Gasteiger partial charge is 0.273 e. The topological polar surface area (TPSA) is 110 Å². The summed E-state index contributed by atoms with van der Waals surface area (Å²) in [6.45, 7) is 6.27. The van der Waals surface area contributed by atoms with Crippen LogP contribution in [0.2, 0.25) is 0 Å². The van der Waals surface area contributed by atoms with Crippen molar-refractivity contribution in [3.8, 4) is 0 Å². The van der Waals surface area contributed by atoms with Gasteiger partial charge < -0.3 is 9.88 Å². The van der Waals surface area contributed by atoms with E-state index in [0.29, 0.717) is 29.1 Å². The molecule has 0 saturated heterocycles. The lowest BCUT2D eigenvalue weighted by molar-refractivity contribution is 0.101. The van der Waals surface area contributed by atoms with Crippen molar-refractivity contribution in [3.05, 3.63) is 94.5 Å². The molecule has 0 spiro atoms. The van der Waals surface area contributed by atoms with E-state index in [0.717, 1.165) is 33.5 Å². The van der Waals surface area contributed by atoms with Crippen LogP contribution in [0.1, 0.15) is 56.0 Å². The molecule has 0 unspecified atom stereocenters. The molecule has 0 radical (unpaired) electrons. The zero-order valence-electron chi connectivity index (χ0n) is 21.1. The second kappa shape index (κ2) is 9.69. The second-order valence-corrected chi connectivity index (χ2v) is 8.97. The summed E-state index contributed by atoms with van der Waals surface area (Å²) in [6.07, 6.45) is 7.44. The number of carbonyl (C=O) groups is 2. The van der Waals surface area contributed by atoms with Gasteiger partial charge in [-0.15, -0.1) is 0 Å². The Kier molecular flexibility index (Phi) is 6.27. The van der Waals surface area contributed by atoms with Crippen LogP contribution in [-0.2, 0) is 13.6 Å². The Morgan fingerprint density at radius 1 is 1.05 bits per heavy atom. The van der Waals surface area contributed by atoms with Gasteiger partial charge in [-0.25, -0.2) is 4.98 Å². The molecule has 0 atom stereocenters. The first-order valence-electron chi connectivity index (χ1n) is 12.0. The minimum atomic E-state index is -0.264. The zero-order valence-corrected chi connectivity index (χ0v) is 21.1. The molecule has 5 aromatic rings. The Morgan fingerprint density at radius 3 is 2.59 bits per heavy atom. The lowest BCUT2D eigenvalue weighted by Crippen LogP contribution is -2.18. The number of hydrogen-bond acceptors (Lipinski definition) is 5. The molecule has 1 amide bonds. The molecule has 0 aliphatic heterocycles. The molecule has 5 rings (SSSR count). The van der Waals surface area contributed by atoms with Crippen molar-refractivity contribution in [1.29, 1.82) is 0 Å². The van der Waals surface area contributed by atoms with Crippen LogP contribution < -0.4 is 5.32 Å². The monoisotopic (exact) mass is 493 g/mol. The van der Waals surface area contributed by atoms with Crippen LogP contribution in [0.4, 0.5) is 5.69 Å². The molecular formula is C28H27N7O2. The van der Waals surface area contributed by atoms with Crippen LogP contribution in [0.25, 0.3) is 23.1 Å². The normalized spacial score (nSPS) is 11.5. The van der Waals surface area contributed by atoms with Crippen molar-refractivity contribution in [3.63, 3.8) is 0 Å². The highest BCUT2D eigenvalue weighted by Gasteiger charge is 2.17. The molecule has 37 heavy (non-hydrogen) atoms. The van der Waals surface area contributed by atoms with E-state index in [1.165, 1.54) is 0 Å². The fraction of sp³-hybridized carbons (Fsp3) is 0.179. The number of fused-ring (bicyclic) bond motifs is 1. The molecule has 0 saturated carbocycles. The SMILES string of the molecule is CCn1nc(C)cc1C(=O)Nc1cc(C(=O)c2ccc3c(/C=C/c4cn(C)cn4)n[nH]c3c2)ccc1C. The van der Waals surface area contributed by atoms with Crippen LogP contribution in [0.3, 0.4) is 0 Å². The van der Waals surface area contributed by atoms with Gasteiger partial charge in [-0.2, -0.15) is 10.2 Å². The molecular weight excluding hydrogens is 466 g/mol. The van der Waals surface area contributed by atoms with Gasteiger partial charge in [0, 0.05) is 42.0 Å². The van der Waals surface area contributed by atoms with Crippen LogP contribution in [0, 0.1) is 13.8 Å². The van der Waals surface area contributed by atoms with Gasteiger partial charge in [-0.05, 0) is 62.8 Å². The van der Waals surface area contributed by atoms with Gasteiger partial charge in [0.1, 0.15) is 5.69 Å². The summed E-state index contributed by atoms with van der Waals surface area (Å²) < 4.78 is 3.54. The third kappa shape index (κ3) is 4.84. The molecule has 3 heterocycles. The number of anilines is 1. The first kappa shape index (κ1) is 23.9. The van der Waals surface area contributed by atoms with Crippen molar-refractivity contribution >= 4 is 40.4 Å². The maximum Gasteiger partial charge on any atom is 0.273 e. The minimum absolute atomic E-state index is 0.146. The molecule has 0 aliphatic rings. The predicted molar refractivity (Wildman–Crippen MR) is 143 cm³/mol. The number of ketones is 1. The standard InChI is InChI=1S/C28H27N7O2/c1-5-35-26(12-18(3)33-35)28(37)30-24-13-19(7-6-17(24)2)27(36)20-8-10-22-23(31-32-25(22)14-20)11-9-21-15-34(4)16-29-21/h6-16H,5H2,1-4H3,(H,30,37)(H,31,32)/b11-9+. The first-order chi connectivity index (χ1) is 17.8. The summed E-state index contributed by atoms with van der Waals surface area (Å²) in [4.78, 5) is 30.6. The number of H-pyrrole nitrogens is 1. The van der Waals surface area contributed by atoms with Crippen LogP contribution in [0.15, 0.2) is 55.0 Å². The fourth-order valence-corrected chi connectivity index (χ4v) is 4.21. The Morgan fingerprint density at radius 2 is 1.84 bits per heavy atom. The Bertz CT molecular complexity index is 1670. The van der Waals surface area contributed by atoms with E-state index in [4.69, 9.17) is 0 Å². The quantitative estimate of drug-likeness (QED) is 0.317. The molecule has 2 N–H and O–H groups in total. The molecule has 0 fully saturated rings. The van der Waals surface area contributed by atoms with E-state index in [9.17, 15) is 9.59 Å². The highest BCUT2D eigenvalue weighted by atomic mass is 16.2. The van der Waals surface area contributed by atoms with Crippen LogP contribution in [0.5, 0.6) is 0 Å². The zero-order chi connectivity index (χ0) is 26.1. The van der Waals surface area contributed by atoms with Gasteiger partial charge in [0.25, 0.3) is 5.91 Å². The predicted octanol–water partition coefficient (Wildman–Crippen LogP) is 4.78. The van der Waals surface area contributed by atoms with E-state index in [1.54, 1.807) is 41.3 Å². The molecule has 3 aromatic heterocycles. The molecule has 9 heteroatoms. The van der Waals surface area contributed by atoms with E-state index in [1.807, 2.05) is 62.9 Å². The summed E-state index contributed by atoms with van der Waals surface area (Å²) in [5.41, 5.74) is 6.07. The summed E-state index contributed by atoms with van der Waals surface area (Å²) in [5.74, 6) is -0.410. The minimum Gasteiger partial charge on any atom is -0.340 e. The number of rotatable bonds is 7. The van der Waals surface area contributed by atoms with E-state index < -0.39 is 0 Å². The molecule has 186 valence electrons. The molecule has 2 aromatic carbocycles. The van der Waals surface area contributed by atoms with E-state index >= 15 is 0 Å². The highest BCUT2D eigenvalue weighted by molar-refractivity contribution is 6.12. The van der Waals surface area contributed by atoms with Crippen molar-refractivity contribution in [2.75, 3.05) is 5.32 Å². The molecule has 9 nitrogen and oxygen atoms in total. The summed E-state index contributed by atoms with van der Waals surface area (Å²) in [5, 5.41) is 15.6. The maximum absolute atomic E-state index is 13.3. The number of aryl methyl sites for hydroxylation is 4. The van der Waals surface area contributed by atoms with Crippen molar-refractivity contribution in [2.45, 2.75) is 27.3 Å². The van der Waals surface area contributed by atoms with Crippen LogP contribution >= 0.6 is 0 Å². The Labute approximate surface area is 213 Å². The average molecular weight is 494 g/mol. The highest BCUT2D eigenvalue weighted by Crippen LogP contribution is 2.24. The lowest BCUT2D eigenvalue weighted by Gasteiger charge is -2.11. The second-order valence-electron chi connectivity index (χ2n) is 8.97. The fourth-order valence-electron chi connectivity index (χ4n) is 4.21. The van der Waals surface area contributed by atoms with Gasteiger partial charge >= 0.3 is 0 Å². The van der Waals surface area contributed by atoms with Gasteiger partial charge in [0.2, 0.25) is 0 Å². The average Bonchev–Trinajstić information content (AvgIpc) is 3.61. The third-order valence-electron chi connectivity index (χ3n) is 6.17. The van der Waals surface area contributed by atoms with Gasteiger partial charge in [-0.1, -0.05) is 18.2 Å². The van der Waals surface area contributed by atoms with Crippen molar-refractivity contribution in [2.24, 2.45) is 7.05 Å². The third-order valence-corrected chi connectivity index (χ3v) is 6.17. The number of aromatic nitrogens is 6. The van der Waals surface area contributed by atoms with Gasteiger partial charge in [-0.3, -0.25) is 19.4 Å². The molecule has 0 aliphatic carbocycles. The Balaban J connectivity index is 1.38. The number of aromatic amines is 1. The largest absolute Gasteiger partial charge is 0.340 e. The summed E-state index contributed by atoms with van der Waals surface area (Å²) >= 11 is 0. The number of hydrogen-bond donors (Lipinski definition) is 2. The van der Waals surface area contributed by atoms with Gasteiger partial charge in [0.15, 0.2) is 5.78 Å². The number of benzene rings is 2. The Hall–Kier alpha value is -4.79. The maximum atomic E-state index is 13.3. The van der Waals surface area contributed by atoms with Crippen LogP contribution in [-0.4, -0.2) is 41.2 Å². The first-order valence-corrected chi connectivity index (χ1v) is 12.0. The summed E-state index contributed by atoms with van der Waals surface area (Å²) in [7, 11) is 1.92. The number of nitrogens with zero attached hydrogens (tertiary/aromatic N) is 5. The number of carbonyl (C=O) groups excluding carboxylic acids is 2.